The summed E-state index contributed by atoms with van der Waals surface area (Å²) < 4.78 is 5.26. The highest BCUT2D eigenvalue weighted by atomic mass is 35.5. The smallest absolute Gasteiger partial charge is 0.244 e. The number of rotatable bonds is 6. The standard InChI is InChI=1S/C22H20ClNO3/c1-27-20-9-8-16-6-7-17(12-18(16)13-20)21(14-25)24-22(26)10-5-15-3-2-4-19(23)11-15/h2-13,21,25H,14H2,1H3,(H,24,26). The van der Waals surface area contributed by atoms with E-state index >= 15 is 0 Å². The van der Waals surface area contributed by atoms with Gasteiger partial charge in [0.15, 0.2) is 0 Å². The highest BCUT2D eigenvalue weighted by molar-refractivity contribution is 6.30. The van der Waals surface area contributed by atoms with E-state index in [1.54, 1.807) is 25.3 Å². The van der Waals surface area contributed by atoms with Crippen LogP contribution in [0.5, 0.6) is 5.75 Å². The molecule has 138 valence electrons. The zero-order valence-electron chi connectivity index (χ0n) is 14.9. The summed E-state index contributed by atoms with van der Waals surface area (Å²) in [6, 6.07) is 18.3. The third-order valence-corrected chi connectivity index (χ3v) is 4.48. The van der Waals surface area contributed by atoms with Crippen molar-refractivity contribution in [3.8, 4) is 5.75 Å². The summed E-state index contributed by atoms with van der Waals surface area (Å²) in [5.41, 5.74) is 1.65. The zero-order chi connectivity index (χ0) is 19.2. The molecule has 4 nitrogen and oxygen atoms in total. The van der Waals surface area contributed by atoms with Gasteiger partial charge >= 0.3 is 0 Å². The number of nitrogens with one attached hydrogen (secondary N) is 1. The number of carbonyl (C=O) groups is 1. The van der Waals surface area contributed by atoms with Crippen molar-refractivity contribution in [2.75, 3.05) is 13.7 Å². The maximum atomic E-state index is 12.2. The number of aliphatic hydroxyl groups is 1. The van der Waals surface area contributed by atoms with E-state index in [0.29, 0.717) is 5.02 Å². The number of carbonyl (C=O) groups excluding carboxylic acids is 1. The van der Waals surface area contributed by atoms with E-state index in [-0.39, 0.29) is 12.5 Å². The van der Waals surface area contributed by atoms with Gasteiger partial charge in [-0.15, -0.1) is 0 Å². The molecular formula is C22H20ClNO3. The van der Waals surface area contributed by atoms with E-state index in [0.717, 1.165) is 27.6 Å². The summed E-state index contributed by atoms with van der Waals surface area (Å²) in [5, 5.41) is 15.2. The summed E-state index contributed by atoms with van der Waals surface area (Å²) in [7, 11) is 1.62. The van der Waals surface area contributed by atoms with Crippen molar-refractivity contribution in [3.05, 3.63) is 82.9 Å². The SMILES string of the molecule is COc1ccc2ccc(C(CO)NC(=O)C=Cc3cccc(Cl)c3)cc2c1. The molecule has 0 spiro atoms. The first-order chi connectivity index (χ1) is 13.1. The van der Waals surface area contributed by atoms with Gasteiger partial charge in [0.2, 0.25) is 5.91 Å². The van der Waals surface area contributed by atoms with E-state index in [2.05, 4.69) is 5.32 Å². The molecule has 0 saturated carbocycles. The Kier molecular flexibility index (Phi) is 6.12. The van der Waals surface area contributed by atoms with Crippen LogP contribution in [0.25, 0.3) is 16.8 Å². The van der Waals surface area contributed by atoms with E-state index < -0.39 is 6.04 Å². The molecule has 3 aromatic rings. The van der Waals surface area contributed by atoms with Crippen molar-refractivity contribution < 1.29 is 14.6 Å². The number of halogens is 1. The van der Waals surface area contributed by atoms with Crippen LogP contribution in [0.4, 0.5) is 0 Å². The van der Waals surface area contributed by atoms with Crippen molar-refractivity contribution >= 4 is 34.4 Å². The summed E-state index contributed by atoms with van der Waals surface area (Å²) in [6.07, 6.45) is 3.11. The van der Waals surface area contributed by atoms with Crippen LogP contribution in [0, 0.1) is 0 Å². The Bertz CT molecular complexity index is 984. The van der Waals surface area contributed by atoms with Gasteiger partial charge in [0.25, 0.3) is 0 Å². The fourth-order valence-corrected chi connectivity index (χ4v) is 3.02. The number of methoxy groups -OCH3 is 1. The van der Waals surface area contributed by atoms with E-state index in [1.165, 1.54) is 6.08 Å². The molecule has 27 heavy (non-hydrogen) atoms. The van der Waals surface area contributed by atoms with Gasteiger partial charge < -0.3 is 15.2 Å². The first-order valence-electron chi connectivity index (χ1n) is 8.52. The molecule has 0 bridgehead atoms. The summed E-state index contributed by atoms with van der Waals surface area (Å²) in [6.45, 7) is -0.202. The third kappa shape index (κ3) is 4.88. The topological polar surface area (TPSA) is 58.6 Å². The van der Waals surface area contributed by atoms with Gasteiger partial charge in [-0.25, -0.2) is 0 Å². The first kappa shape index (κ1) is 19.0. The highest BCUT2D eigenvalue weighted by Crippen LogP contribution is 2.24. The van der Waals surface area contributed by atoms with E-state index in [4.69, 9.17) is 16.3 Å². The second-order valence-electron chi connectivity index (χ2n) is 6.10. The first-order valence-corrected chi connectivity index (χ1v) is 8.89. The van der Waals surface area contributed by atoms with Gasteiger partial charge in [-0.3, -0.25) is 4.79 Å². The lowest BCUT2D eigenvalue weighted by Crippen LogP contribution is -2.29. The molecular weight excluding hydrogens is 362 g/mol. The van der Waals surface area contributed by atoms with E-state index in [1.807, 2.05) is 48.5 Å². The number of fused-ring (bicyclic) bond motifs is 1. The molecule has 0 aliphatic heterocycles. The monoisotopic (exact) mass is 381 g/mol. The van der Waals surface area contributed by atoms with Crippen LogP contribution < -0.4 is 10.1 Å². The van der Waals surface area contributed by atoms with Gasteiger partial charge in [-0.2, -0.15) is 0 Å². The number of hydrogen-bond acceptors (Lipinski definition) is 3. The number of amides is 1. The highest BCUT2D eigenvalue weighted by Gasteiger charge is 2.13. The summed E-state index contributed by atoms with van der Waals surface area (Å²) in [4.78, 5) is 12.2. The Hall–Kier alpha value is -2.82. The van der Waals surface area contributed by atoms with Crippen LogP contribution >= 0.6 is 11.6 Å². The normalized spacial score (nSPS) is 12.3. The Morgan fingerprint density at radius 3 is 2.70 bits per heavy atom. The molecule has 0 aliphatic rings. The molecule has 0 radical (unpaired) electrons. The van der Waals surface area contributed by atoms with Crippen LogP contribution in [-0.2, 0) is 4.79 Å². The second-order valence-corrected chi connectivity index (χ2v) is 6.54. The Balaban J connectivity index is 1.76. The quantitative estimate of drug-likeness (QED) is 0.623. The zero-order valence-corrected chi connectivity index (χ0v) is 15.6. The van der Waals surface area contributed by atoms with Crippen molar-refractivity contribution in [2.45, 2.75) is 6.04 Å². The van der Waals surface area contributed by atoms with Crippen molar-refractivity contribution in [2.24, 2.45) is 0 Å². The van der Waals surface area contributed by atoms with E-state index in [9.17, 15) is 9.90 Å². The van der Waals surface area contributed by atoms with Crippen molar-refractivity contribution in [1.29, 1.82) is 0 Å². The molecule has 0 saturated heterocycles. The lowest BCUT2D eigenvalue weighted by Gasteiger charge is -2.16. The molecule has 0 fully saturated rings. The van der Waals surface area contributed by atoms with Gasteiger partial charge in [0.05, 0.1) is 19.8 Å². The summed E-state index contributed by atoms with van der Waals surface area (Å²) in [5.74, 6) is 0.466. The second kappa shape index (κ2) is 8.71. The Morgan fingerprint density at radius 2 is 1.96 bits per heavy atom. The largest absolute Gasteiger partial charge is 0.497 e. The predicted molar refractivity (Wildman–Crippen MR) is 109 cm³/mol. The lowest BCUT2D eigenvalue weighted by atomic mass is 10.0. The predicted octanol–water partition coefficient (Wildman–Crippen LogP) is 4.36. The molecule has 3 rings (SSSR count). The minimum absolute atomic E-state index is 0.202. The van der Waals surface area contributed by atoms with Crippen LogP contribution in [0.15, 0.2) is 66.7 Å². The molecule has 3 aromatic carbocycles. The van der Waals surface area contributed by atoms with Crippen LogP contribution in [-0.4, -0.2) is 24.7 Å². The fraction of sp³-hybridized carbons (Fsp3) is 0.136. The van der Waals surface area contributed by atoms with Crippen molar-refractivity contribution in [1.82, 2.24) is 5.32 Å². The number of ether oxygens (including phenoxy) is 1. The van der Waals surface area contributed by atoms with Gasteiger partial charge in [-0.1, -0.05) is 41.9 Å². The minimum Gasteiger partial charge on any atom is -0.497 e. The summed E-state index contributed by atoms with van der Waals surface area (Å²) >= 11 is 5.94. The lowest BCUT2D eigenvalue weighted by molar-refractivity contribution is -0.117. The molecule has 1 unspecified atom stereocenters. The molecule has 1 atom stereocenters. The maximum Gasteiger partial charge on any atom is 0.244 e. The average molecular weight is 382 g/mol. The molecule has 5 heteroatoms. The minimum atomic E-state index is -0.503. The molecule has 2 N–H and O–H groups in total. The molecule has 0 aliphatic carbocycles. The number of aliphatic hydroxyl groups excluding tert-OH is 1. The Morgan fingerprint density at radius 1 is 1.15 bits per heavy atom. The van der Waals surface area contributed by atoms with Crippen molar-refractivity contribution in [3.63, 3.8) is 0 Å². The fourth-order valence-electron chi connectivity index (χ4n) is 2.82. The number of hydrogen-bond donors (Lipinski definition) is 2. The van der Waals surface area contributed by atoms with Gasteiger partial charge in [-0.05, 0) is 58.3 Å². The van der Waals surface area contributed by atoms with Gasteiger partial charge in [0.1, 0.15) is 5.75 Å². The number of benzene rings is 3. The third-order valence-electron chi connectivity index (χ3n) is 4.25. The van der Waals surface area contributed by atoms with Crippen LogP contribution in [0.1, 0.15) is 17.2 Å². The van der Waals surface area contributed by atoms with Crippen LogP contribution in [0.2, 0.25) is 5.02 Å². The Labute approximate surface area is 163 Å². The van der Waals surface area contributed by atoms with Gasteiger partial charge in [0, 0.05) is 11.1 Å². The molecule has 0 aromatic heterocycles. The maximum absolute atomic E-state index is 12.2. The molecule has 1 amide bonds. The average Bonchev–Trinajstić information content (AvgIpc) is 2.69. The molecule has 0 heterocycles. The van der Waals surface area contributed by atoms with Crippen LogP contribution in [0.3, 0.4) is 0 Å².